The van der Waals surface area contributed by atoms with Crippen LogP contribution in [0.25, 0.3) is 0 Å². The summed E-state index contributed by atoms with van der Waals surface area (Å²) in [6.07, 6.45) is 1.77. The Morgan fingerprint density at radius 2 is 1.95 bits per heavy atom. The first-order valence-electron chi connectivity index (χ1n) is 7.25. The lowest BCUT2D eigenvalue weighted by molar-refractivity contribution is 0.226. The van der Waals surface area contributed by atoms with E-state index in [9.17, 15) is 13.5 Å². The van der Waals surface area contributed by atoms with Crippen LogP contribution in [0.1, 0.15) is 32.3 Å². The average molecular weight is 332 g/mol. The number of aliphatic hydroxyl groups is 1. The Balaban J connectivity index is 2.23. The molecule has 21 heavy (non-hydrogen) atoms. The molecule has 0 atom stereocenters. The lowest BCUT2D eigenvalue weighted by Gasteiger charge is -2.33. The second-order valence-electron chi connectivity index (χ2n) is 5.91. The Kier molecular flexibility index (Phi) is 5.30. The van der Waals surface area contributed by atoms with Crippen LogP contribution in [-0.4, -0.2) is 30.9 Å². The van der Waals surface area contributed by atoms with Crippen molar-refractivity contribution >= 4 is 21.6 Å². The summed E-state index contributed by atoms with van der Waals surface area (Å²) in [6.45, 7) is 5.22. The monoisotopic (exact) mass is 331 g/mol. The predicted molar refractivity (Wildman–Crippen MR) is 83.7 cm³/mol. The molecule has 0 aromatic heterocycles. The van der Waals surface area contributed by atoms with Crippen LogP contribution in [0.2, 0.25) is 5.02 Å². The van der Waals surface area contributed by atoms with Gasteiger partial charge in [-0.3, -0.25) is 0 Å². The van der Waals surface area contributed by atoms with E-state index in [1.807, 2.05) is 0 Å². The molecule has 6 heteroatoms. The fourth-order valence-corrected chi connectivity index (χ4v) is 4.76. The van der Waals surface area contributed by atoms with Crippen molar-refractivity contribution in [1.29, 1.82) is 0 Å². The van der Waals surface area contributed by atoms with Crippen molar-refractivity contribution < 1.29 is 13.5 Å². The SMILES string of the molecule is CC(C)C1CCN(S(=O)(=O)c2cc(CO)ccc2Cl)CC1. The van der Waals surface area contributed by atoms with Gasteiger partial charge in [-0.1, -0.05) is 31.5 Å². The second kappa shape index (κ2) is 6.65. The third kappa shape index (κ3) is 3.59. The Morgan fingerprint density at radius 3 is 2.48 bits per heavy atom. The summed E-state index contributed by atoms with van der Waals surface area (Å²) >= 11 is 6.05. The minimum atomic E-state index is -3.58. The Labute approximate surface area is 131 Å². The second-order valence-corrected chi connectivity index (χ2v) is 8.22. The summed E-state index contributed by atoms with van der Waals surface area (Å²) in [4.78, 5) is 0.0960. The molecule has 1 saturated heterocycles. The van der Waals surface area contributed by atoms with E-state index < -0.39 is 10.0 Å². The minimum Gasteiger partial charge on any atom is -0.392 e. The molecule has 1 aromatic carbocycles. The first kappa shape index (κ1) is 16.7. The molecular weight excluding hydrogens is 310 g/mol. The largest absolute Gasteiger partial charge is 0.392 e. The number of hydrogen-bond donors (Lipinski definition) is 1. The quantitative estimate of drug-likeness (QED) is 0.923. The highest BCUT2D eigenvalue weighted by Gasteiger charge is 2.31. The summed E-state index contributed by atoms with van der Waals surface area (Å²) in [5, 5.41) is 9.38. The van der Waals surface area contributed by atoms with Gasteiger partial charge >= 0.3 is 0 Å². The van der Waals surface area contributed by atoms with Gasteiger partial charge in [0.05, 0.1) is 11.6 Å². The first-order valence-corrected chi connectivity index (χ1v) is 9.07. The van der Waals surface area contributed by atoms with Crippen molar-refractivity contribution in [1.82, 2.24) is 4.31 Å². The van der Waals surface area contributed by atoms with Gasteiger partial charge in [-0.2, -0.15) is 4.31 Å². The van der Waals surface area contributed by atoms with E-state index in [-0.39, 0.29) is 16.5 Å². The van der Waals surface area contributed by atoms with Gasteiger partial charge in [-0.25, -0.2) is 8.42 Å². The number of hydrogen-bond acceptors (Lipinski definition) is 3. The maximum atomic E-state index is 12.7. The van der Waals surface area contributed by atoms with E-state index in [4.69, 9.17) is 11.6 Å². The lowest BCUT2D eigenvalue weighted by Crippen LogP contribution is -2.39. The summed E-state index contributed by atoms with van der Waals surface area (Å²) in [6, 6.07) is 4.62. The summed E-state index contributed by atoms with van der Waals surface area (Å²) in [7, 11) is -3.58. The number of halogens is 1. The maximum Gasteiger partial charge on any atom is 0.244 e. The molecule has 0 unspecified atom stereocenters. The van der Waals surface area contributed by atoms with Crippen LogP contribution in [0.15, 0.2) is 23.1 Å². The van der Waals surface area contributed by atoms with Gasteiger partial charge in [0, 0.05) is 13.1 Å². The topological polar surface area (TPSA) is 57.6 Å². The zero-order chi connectivity index (χ0) is 15.6. The van der Waals surface area contributed by atoms with Crippen molar-refractivity contribution in [2.45, 2.75) is 38.2 Å². The molecule has 4 nitrogen and oxygen atoms in total. The fourth-order valence-electron chi connectivity index (χ4n) is 2.77. The van der Waals surface area contributed by atoms with E-state index in [0.717, 1.165) is 12.8 Å². The van der Waals surface area contributed by atoms with Crippen LogP contribution in [0.4, 0.5) is 0 Å². The molecule has 0 bridgehead atoms. The van der Waals surface area contributed by atoms with Crippen LogP contribution in [0.3, 0.4) is 0 Å². The summed E-state index contributed by atoms with van der Waals surface area (Å²) in [5.41, 5.74) is 0.551. The zero-order valence-electron chi connectivity index (χ0n) is 12.4. The highest BCUT2D eigenvalue weighted by Crippen LogP contribution is 2.31. The standard InChI is InChI=1S/C15H22ClNO3S/c1-11(2)13-5-7-17(8-6-13)21(19,20)15-9-12(10-18)3-4-14(15)16/h3-4,9,11,13,18H,5-8,10H2,1-2H3. The normalized spacial score (nSPS) is 18.3. The van der Waals surface area contributed by atoms with Crippen LogP contribution in [0.5, 0.6) is 0 Å². The Hall–Kier alpha value is -0.620. The molecule has 1 aromatic rings. The van der Waals surface area contributed by atoms with E-state index in [1.54, 1.807) is 6.07 Å². The first-order chi connectivity index (χ1) is 9.86. The lowest BCUT2D eigenvalue weighted by atomic mass is 9.87. The molecule has 118 valence electrons. The number of nitrogens with zero attached hydrogens (tertiary/aromatic N) is 1. The van der Waals surface area contributed by atoms with Crippen molar-refractivity contribution in [3.8, 4) is 0 Å². The van der Waals surface area contributed by atoms with Gasteiger partial charge in [0.15, 0.2) is 0 Å². The molecule has 0 amide bonds. The van der Waals surface area contributed by atoms with Crippen LogP contribution in [0, 0.1) is 11.8 Å². The molecule has 1 aliphatic heterocycles. The van der Waals surface area contributed by atoms with Crippen LogP contribution < -0.4 is 0 Å². The third-order valence-corrected chi connectivity index (χ3v) is 6.62. The zero-order valence-corrected chi connectivity index (χ0v) is 14.0. The van der Waals surface area contributed by atoms with Crippen molar-refractivity contribution in [2.24, 2.45) is 11.8 Å². The summed E-state index contributed by atoms with van der Waals surface area (Å²) in [5.74, 6) is 1.16. The van der Waals surface area contributed by atoms with Gasteiger partial charge in [0.2, 0.25) is 10.0 Å². The molecule has 1 N–H and O–H groups in total. The molecule has 1 fully saturated rings. The number of aliphatic hydroxyl groups excluding tert-OH is 1. The van der Waals surface area contributed by atoms with Crippen molar-refractivity contribution in [3.63, 3.8) is 0 Å². The molecule has 1 heterocycles. The number of sulfonamides is 1. The van der Waals surface area contributed by atoms with E-state index in [2.05, 4.69) is 13.8 Å². The molecule has 0 spiro atoms. The number of benzene rings is 1. The molecular formula is C15H22ClNO3S. The summed E-state index contributed by atoms with van der Waals surface area (Å²) < 4.78 is 26.9. The van der Waals surface area contributed by atoms with Crippen molar-refractivity contribution in [3.05, 3.63) is 28.8 Å². The van der Waals surface area contributed by atoms with Crippen LogP contribution in [-0.2, 0) is 16.6 Å². The minimum absolute atomic E-state index is 0.0960. The van der Waals surface area contributed by atoms with Gasteiger partial charge in [0.1, 0.15) is 4.90 Å². The third-order valence-electron chi connectivity index (χ3n) is 4.24. The number of piperidine rings is 1. The average Bonchev–Trinajstić information content (AvgIpc) is 2.47. The van der Waals surface area contributed by atoms with Gasteiger partial charge < -0.3 is 5.11 Å². The van der Waals surface area contributed by atoms with Crippen LogP contribution >= 0.6 is 11.6 Å². The molecule has 0 saturated carbocycles. The van der Waals surface area contributed by atoms with E-state index >= 15 is 0 Å². The Bertz CT molecular complexity index is 593. The number of rotatable bonds is 4. The van der Waals surface area contributed by atoms with Gasteiger partial charge in [-0.05, 0) is 42.4 Å². The highest BCUT2D eigenvalue weighted by molar-refractivity contribution is 7.89. The molecule has 2 rings (SSSR count). The smallest absolute Gasteiger partial charge is 0.244 e. The molecule has 0 radical (unpaired) electrons. The molecule has 1 aliphatic rings. The predicted octanol–water partition coefficient (Wildman–Crippen LogP) is 2.89. The van der Waals surface area contributed by atoms with E-state index in [0.29, 0.717) is 30.5 Å². The highest BCUT2D eigenvalue weighted by atomic mass is 35.5. The van der Waals surface area contributed by atoms with Gasteiger partial charge in [-0.15, -0.1) is 0 Å². The maximum absolute atomic E-state index is 12.7. The Morgan fingerprint density at radius 1 is 1.33 bits per heavy atom. The van der Waals surface area contributed by atoms with Crippen molar-refractivity contribution in [2.75, 3.05) is 13.1 Å². The van der Waals surface area contributed by atoms with Gasteiger partial charge in [0.25, 0.3) is 0 Å². The fraction of sp³-hybridized carbons (Fsp3) is 0.600. The van der Waals surface area contributed by atoms with E-state index in [1.165, 1.54) is 16.4 Å². The molecule has 0 aliphatic carbocycles.